The summed E-state index contributed by atoms with van der Waals surface area (Å²) < 4.78 is 0. The number of carboxylic acids is 1. The lowest BCUT2D eigenvalue weighted by Crippen LogP contribution is -2.10. The van der Waals surface area contributed by atoms with Crippen LogP contribution in [-0.2, 0) is 11.2 Å². The third-order valence-corrected chi connectivity index (χ3v) is 2.14. The molecule has 0 aliphatic carbocycles. The summed E-state index contributed by atoms with van der Waals surface area (Å²) in [5.41, 5.74) is 0.278. The molecule has 1 aromatic rings. The van der Waals surface area contributed by atoms with Crippen molar-refractivity contribution < 1.29 is 14.8 Å². The van der Waals surface area contributed by atoms with Crippen LogP contribution < -0.4 is 0 Å². The standard InChI is InChI=1S/C8H11N3O4/c1-5(8(12)13)2-3-6-7(11(14)15)4-9-10-6/h4-5H,2-3H2,1H3,(H,9,10)(H,12,13). The lowest BCUT2D eigenvalue weighted by atomic mass is 10.0. The molecule has 0 saturated heterocycles. The summed E-state index contributed by atoms with van der Waals surface area (Å²) in [5, 5.41) is 25.2. The van der Waals surface area contributed by atoms with Crippen molar-refractivity contribution in [1.82, 2.24) is 10.2 Å². The molecule has 0 fully saturated rings. The van der Waals surface area contributed by atoms with E-state index in [1.807, 2.05) is 0 Å². The van der Waals surface area contributed by atoms with Crippen LogP contribution in [0.3, 0.4) is 0 Å². The number of nitrogens with zero attached hydrogens (tertiary/aromatic N) is 2. The summed E-state index contributed by atoms with van der Waals surface area (Å²) in [6, 6.07) is 0. The van der Waals surface area contributed by atoms with E-state index in [0.29, 0.717) is 18.5 Å². The fraction of sp³-hybridized carbons (Fsp3) is 0.500. The number of nitrogens with one attached hydrogen (secondary N) is 1. The molecule has 1 atom stereocenters. The Labute approximate surface area is 85.3 Å². The molecule has 0 spiro atoms. The summed E-state index contributed by atoms with van der Waals surface area (Å²) in [6.07, 6.45) is 1.78. The monoisotopic (exact) mass is 213 g/mol. The van der Waals surface area contributed by atoms with E-state index in [0.717, 1.165) is 6.20 Å². The number of aromatic amines is 1. The maximum atomic E-state index is 10.5. The second kappa shape index (κ2) is 4.54. The Kier molecular flexibility index (Phi) is 3.37. The van der Waals surface area contributed by atoms with Gasteiger partial charge in [-0.3, -0.25) is 20.0 Å². The molecule has 0 radical (unpaired) electrons. The maximum Gasteiger partial charge on any atom is 0.309 e. The topological polar surface area (TPSA) is 109 Å². The molecule has 2 N–H and O–H groups in total. The van der Waals surface area contributed by atoms with Gasteiger partial charge in [0.25, 0.3) is 0 Å². The lowest BCUT2D eigenvalue weighted by molar-refractivity contribution is -0.385. The Hall–Kier alpha value is -1.92. The van der Waals surface area contributed by atoms with Crippen LogP contribution in [0.1, 0.15) is 19.0 Å². The molecule has 0 amide bonds. The second-order valence-corrected chi connectivity index (χ2v) is 3.27. The molecule has 7 nitrogen and oxygen atoms in total. The van der Waals surface area contributed by atoms with Crippen LogP contribution >= 0.6 is 0 Å². The number of rotatable bonds is 5. The highest BCUT2D eigenvalue weighted by Gasteiger charge is 2.18. The lowest BCUT2D eigenvalue weighted by Gasteiger charge is -2.03. The highest BCUT2D eigenvalue weighted by atomic mass is 16.6. The Bertz CT molecular complexity index is 374. The first-order valence-electron chi connectivity index (χ1n) is 4.41. The Balaban J connectivity index is 2.61. The van der Waals surface area contributed by atoms with Crippen LogP contribution in [0.4, 0.5) is 5.69 Å². The van der Waals surface area contributed by atoms with Gasteiger partial charge in [0.05, 0.1) is 10.8 Å². The molecule has 15 heavy (non-hydrogen) atoms. The van der Waals surface area contributed by atoms with E-state index in [1.54, 1.807) is 6.92 Å². The number of aliphatic carboxylic acids is 1. The maximum absolute atomic E-state index is 10.5. The van der Waals surface area contributed by atoms with Crippen molar-refractivity contribution >= 4 is 11.7 Å². The van der Waals surface area contributed by atoms with Crippen LogP contribution in [0.2, 0.25) is 0 Å². The number of carbonyl (C=O) groups is 1. The summed E-state index contributed by atoms with van der Waals surface area (Å²) >= 11 is 0. The summed E-state index contributed by atoms with van der Waals surface area (Å²) in [7, 11) is 0. The van der Waals surface area contributed by atoms with E-state index in [9.17, 15) is 14.9 Å². The third-order valence-electron chi connectivity index (χ3n) is 2.14. The largest absolute Gasteiger partial charge is 0.481 e. The van der Waals surface area contributed by atoms with E-state index >= 15 is 0 Å². The SMILES string of the molecule is CC(CCc1[nH]ncc1[N+](=O)[O-])C(=O)O. The number of aromatic nitrogens is 2. The summed E-state index contributed by atoms with van der Waals surface area (Å²) in [6.45, 7) is 1.56. The van der Waals surface area contributed by atoms with Crippen LogP contribution in [0.25, 0.3) is 0 Å². The van der Waals surface area contributed by atoms with E-state index < -0.39 is 16.8 Å². The summed E-state index contributed by atoms with van der Waals surface area (Å²) in [5.74, 6) is -1.43. The van der Waals surface area contributed by atoms with Gasteiger partial charge in [0.2, 0.25) is 0 Å². The highest BCUT2D eigenvalue weighted by molar-refractivity contribution is 5.69. The highest BCUT2D eigenvalue weighted by Crippen LogP contribution is 2.18. The normalized spacial score (nSPS) is 12.3. The van der Waals surface area contributed by atoms with E-state index in [2.05, 4.69) is 10.2 Å². The first kappa shape index (κ1) is 11.2. The first-order valence-corrected chi connectivity index (χ1v) is 4.41. The predicted molar refractivity (Wildman–Crippen MR) is 50.4 cm³/mol. The van der Waals surface area contributed by atoms with Crippen molar-refractivity contribution in [2.45, 2.75) is 19.8 Å². The van der Waals surface area contributed by atoms with Crippen LogP contribution in [-0.4, -0.2) is 26.2 Å². The quantitative estimate of drug-likeness (QED) is 0.559. The number of carboxylic acid groups (broad SMARTS) is 1. The van der Waals surface area contributed by atoms with Crippen molar-refractivity contribution in [1.29, 1.82) is 0 Å². The van der Waals surface area contributed by atoms with Gasteiger partial charge in [-0.05, 0) is 12.8 Å². The number of hydrogen-bond acceptors (Lipinski definition) is 4. The number of aryl methyl sites for hydroxylation is 1. The molecular weight excluding hydrogens is 202 g/mol. The molecule has 7 heteroatoms. The van der Waals surface area contributed by atoms with Gasteiger partial charge in [0.1, 0.15) is 11.9 Å². The van der Waals surface area contributed by atoms with Crippen molar-refractivity contribution in [2.75, 3.05) is 0 Å². The predicted octanol–water partition coefficient (Wildman–Crippen LogP) is 0.971. The number of H-pyrrole nitrogens is 1. The molecule has 0 bridgehead atoms. The minimum Gasteiger partial charge on any atom is -0.481 e. The van der Waals surface area contributed by atoms with Crippen molar-refractivity contribution in [3.63, 3.8) is 0 Å². The minimum atomic E-state index is -0.905. The third kappa shape index (κ3) is 2.76. The van der Waals surface area contributed by atoms with E-state index in [-0.39, 0.29) is 5.69 Å². The van der Waals surface area contributed by atoms with Gasteiger partial charge in [-0.15, -0.1) is 0 Å². The minimum absolute atomic E-state index is 0.0902. The molecule has 1 rings (SSSR count). The van der Waals surface area contributed by atoms with Gasteiger partial charge in [0.15, 0.2) is 0 Å². The molecular formula is C8H11N3O4. The average Bonchev–Trinajstić information content (AvgIpc) is 2.61. The zero-order chi connectivity index (χ0) is 11.4. The van der Waals surface area contributed by atoms with Gasteiger partial charge in [0, 0.05) is 0 Å². The van der Waals surface area contributed by atoms with Crippen LogP contribution in [0, 0.1) is 16.0 Å². The fourth-order valence-electron chi connectivity index (χ4n) is 1.13. The Morgan fingerprint density at radius 3 is 3.00 bits per heavy atom. The first-order chi connectivity index (χ1) is 7.02. The Morgan fingerprint density at radius 2 is 2.47 bits per heavy atom. The van der Waals surface area contributed by atoms with Gasteiger partial charge in [-0.1, -0.05) is 6.92 Å². The van der Waals surface area contributed by atoms with E-state index in [4.69, 9.17) is 5.11 Å². The fourth-order valence-corrected chi connectivity index (χ4v) is 1.13. The van der Waals surface area contributed by atoms with Crippen molar-refractivity contribution in [3.05, 3.63) is 22.0 Å². The molecule has 1 heterocycles. The van der Waals surface area contributed by atoms with Gasteiger partial charge < -0.3 is 5.11 Å². The average molecular weight is 213 g/mol. The molecule has 0 aliphatic rings. The molecule has 1 aromatic heterocycles. The Morgan fingerprint density at radius 1 is 1.80 bits per heavy atom. The van der Waals surface area contributed by atoms with E-state index in [1.165, 1.54) is 0 Å². The number of nitro groups is 1. The van der Waals surface area contributed by atoms with Gasteiger partial charge >= 0.3 is 11.7 Å². The molecule has 0 saturated carbocycles. The molecule has 0 aromatic carbocycles. The zero-order valence-corrected chi connectivity index (χ0v) is 8.14. The van der Waals surface area contributed by atoms with Gasteiger partial charge in [-0.25, -0.2) is 0 Å². The van der Waals surface area contributed by atoms with Crippen molar-refractivity contribution in [2.24, 2.45) is 5.92 Å². The molecule has 0 aliphatic heterocycles. The number of hydrogen-bond donors (Lipinski definition) is 2. The molecule has 1 unspecified atom stereocenters. The van der Waals surface area contributed by atoms with Crippen molar-refractivity contribution in [3.8, 4) is 0 Å². The second-order valence-electron chi connectivity index (χ2n) is 3.27. The summed E-state index contributed by atoms with van der Waals surface area (Å²) in [4.78, 5) is 20.5. The molecule has 82 valence electrons. The van der Waals surface area contributed by atoms with Gasteiger partial charge in [-0.2, -0.15) is 5.10 Å². The van der Waals surface area contributed by atoms with Crippen LogP contribution in [0.5, 0.6) is 0 Å². The zero-order valence-electron chi connectivity index (χ0n) is 8.14. The smallest absolute Gasteiger partial charge is 0.309 e. The van der Waals surface area contributed by atoms with Crippen LogP contribution in [0.15, 0.2) is 6.20 Å².